The number of hydrogen-bond acceptors (Lipinski definition) is 2. The van der Waals surface area contributed by atoms with Crippen LogP contribution in [-0.4, -0.2) is 29.6 Å². The summed E-state index contributed by atoms with van der Waals surface area (Å²) >= 11 is 6.40. The van der Waals surface area contributed by atoms with E-state index in [1.165, 1.54) is 13.1 Å². The van der Waals surface area contributed by atoms with Crippen LogP contribution < -0.4 is 10.4 Å². The van der Waals surface area contributed by atoms with Gasteiger partial charge in [0.25, 0.3) is 5.91 Å². The van der Waals surface area contributed by atoms with E-state index in [-0.39, 0.29) is 10.6 Å². The van der Waals surface area contributed by atoms with Gasteiger partial charge < -0.3 is 9.30 Å². The van der Waals surface area contributed by atoms with Gasteiger partial charge in [0.1, 0.15) is 23.0 Å². The first-order chi connectivity index (χ1) is 14.4. The van der Waals surface area contributed by atoms with E-state index in [0.29, 0.717) is 0 Å². The summed E-state index contributed by atoms with van der Waals surface area (Å²) in [7, 11) is 2.20. The van der Waals surface area contributed by atoms with E-state index in [1.54, 1.807) is 24.4 Å². The molecule has 2 aromatic carbocycles. The van der Waals surface area contributed by atoms with Crippen LogP contribution in [0.25, 0.3) is 16.9 Å². The zero-order valence-electron chi connectivity index (χ0n) is 16.4. The molecule has 0 aliphatic carbocycles. The number of fused-ring (bicyclic) bond motifs is 1. The molecule has 1 amide bonds. The molecule has 0 aliphatic heterocycles. The molecule has 0 bridgehead atoms. The Morgan fingerprint density at radius 1 is 1.13 bits per heavy atom. The highest BCUT2D eigenvalue weighted by Crippen LogP contribution is 2.29. The van der Waals surface area contributed by atoms with Gasteiger partial charge >= 0.3 is 0 Å². The summed E-state index contributed by atoms with van der Waals surface area (Å²) in [6.45, 7) is 2.07. The summed E-state index contributed by atoms with van der Waals surface area (Å²) in [5.74, 6) is -2.26. The maximum Gasteiger partial charge on any atom is 0.259 e. The minimum absolute atomic E-state index is 0.147. The van der Waals surface area contributed by atoms with Crippen LogP contribution in [0.5, 0.6) is 0 Å². The summed E-state index contributed by atoms with van der Waals surface area (Å²) in [4.78, 5) is 18.2. The Morgan fingerprint density at radius 3 is 2.53 bits per heavy atom. The Balaban J connectivity index is 1.71. The van der Waals surface area contributed by atoms with Gasteiger partial charge in [0, 0.05) is 18.8 Å². The number of anilines is 1. The summed E-state index contributed by atoms with van der Waals surface area (Å²) < 4.78 is 30.1. The smallest absolute Gasteiger partial charge is 0.259 e. The van der Waals surface area contributed by atoms with Crippen molar-refractivity contribution in [2.24, 2.45) is 0 Å². The van der Waals surface area contributed by atoms with E-state index >= 15 is 0 Å². The van der Waals surface area contributed by atoms with Crippen LogP contribution >= 0.6 is 11.6 Å². The zero-order valence-corrected chi connectivity index (χ0v) is 17.1. The first-order valence-corrected chi connectivity index (χ1v) is 9.76. The second kappa shape index (κ2) is 7.92. The SMILES string of the molecule is CBc1ccc2ncc(-c3ccc(C(=O)N(C)c4c(F)cccc4F)c(Cl)c3)n2c1. The number of amides is 1. The van der Waals surface area contributed by atoms with Gasteiger partial charge in [-0.05, 0) is 30.3 Å². The molecule has 8 heteroatoms. The van der Waals surface area contributed by atoms with Crippen LogP contribution in [-0.2, 0) is 0 Å². The maximum atomic E-state index is 14.1. The molecule has 4 nitrogen and oxygen atoms in total. The van der Waals surface area contributed by atoms with Crippen molar-refractivity contribution in [3.8, 4) is 11.3 Å². The number of pyridine rings is 1. The monoisotopic (exact) mass is 423 g/mol. The van der Waals surface area contributed by atoms with E-state index in [0.717, 1.165) is 46.7 Å². The number of hydrogen-bond donors (Lipinski definition) is 0. The lowest BCUT2D eigenvalue weighted by molar-refractivity contribution is 0.0991. The van der Waals surface area contributed by atoms with E-state index in [9.17, 15) is 13.6 Å². The molecule has 0 N–H and O–H groups in total. The third kappa shape index (κ3) is 3.46. The highest BCUT2D eigenvalue weighted by Gasteiger charge is 2.22. The minimum Gasteiger partial charge on any atom is -0.306 e. The third-order valence-corrected chi connectivity index (χ3v) is 5.36. The van der Waals surface area contributed by atoms with E-state index in [2.05, 4.69) is 11.8 Å². The maximum absolute atomic E-state index is 14.1. The van der Waals surface area contributed by atoms with E-state index in [4.69, 9.17) is 11.6 Å². The lowest BCUT2D eigenvalue weighted by atomic mass is 9.74. The number of nitrogens with zero attached hydrogens (tertiary/aromatic N) is 3. The molecule has 0 radical (unpaired) electrons. The summed E-state index contributed by atoms with van der Waals surface area (Å²) in [6.07, 6.45) is 3.75. The normalized spacial score (nSPS) is 11.0. The molecule has 2 aromatic heterocycles. The van der Waals surface area contributed by atoms with Gasteiger partial charge in [0.05, 0.1) is 22.5 Å². The van der Waals surface area contributed by atoms with Crippen molar-refractivity contribution >= 4 is 41.6 Å². The van der Waals surface area contributed by atoms with Crippen molar-refractivity contribution in [1.82, 2.24) is 9.38 Å². The van der Waals surface area contributed by atoms with Crippen molar-refractivity contribution in [3.05, 3.63) is 83.1 Å². The molecule has 4 aromatic rings. The predicted octanol–water partition coefficient (Wildman–Crippen LogP) is 4.32. The first kappa shape index (κ1) is 20.1. The second-order valence-corrected chi connectivity index (χ2v) is 7.30. The van der Waals surface area contributed by atoms with Crippen molar-refractivity contribution in [1.29, 1.82) is 0 Å². The lowest BCUT2D eigenvalue weighted by Gasteiger charge is -2.19. The molecule has 0 unspecified atom stereocenters. The quantitative estimate of drug-likeness (QED) is 0.459. The van der Waals surface area contributed by atoms with Crippen molar-refractivity contribution < 1.29 is 13.6 Å². The molecule has 150 valence electrons. The molecule has 0 fully saturated rings. The Kier molecular flexibility index (Phi) is 5.30. The van der Waals surface area contributed by atoms with Gasteiger partial charge in [-0.3, -0.25) is 4.79 Å². The topological polar surface area (TPSA) is 37.6 Å². The van der Waals surface area contributed by atoms with Crippen LogP contribution in [0, 0.1) is 11.6 Å². The highest BCUT2D eigenvalue weighted by molar-refractivity contribution is 6.51. The Hall–Kier alpha value is -3.19. The summed E-state index contributed by atoms with van der Waals surface area (Å²) in [5, 5.41) is 0.183. The van der Waals surface area contributed by atoms with Crippen LogP contribution in [0.4, 0.5) is 14.5 Å². The fraction of sp³-hybridized carbons (Fsp3) is 0.0909. The molecule has 0 saturated carbocycles. The van der Waals surface area contributed by atoms with Crippen molar-refractivity contribution in [2.45, 2.75) is 6.82 Å². The van der Waals surface area contributed by atoms with E-state index in [1.807, 2.05) is 22.7 Å². The zero-order chi connectivity index (χ0) is 21.4. The standard InChI is InChI=1S/C22H17BClF2N3O/c1-23-14-7-9-20-27-11-19(29(20)12-14)13-6-8-15(16(24)10-13)22(30)28(2)21-17(25)4-3-5-18(21)26/h3-12,23H,1-2H3. The van der Waals surface area contributed by atoms with Crippen LogP contribution in [0.15, 0.2) is 60.9 Å². The van der Waals surface area contributed by atoms with Gasteiger partial charge in [-0.1, -0.05) is 42.1 Å². The fourth-order valence-corrected chi connectivity index (χ4v) is 3.65. The van der Waals surface area contributed by atoms with E-state index < -0.39 is 23.2 Å². The number of halogens is 3. The summed E-state index contributed by atoms with van der Waals surface area (Å²) in [5.41, 5.74) is 3.29. The van der Waals surface area contributed by atoms with Crippen LogP contribution in [0.2, 0.25) is 11.8 Å². The number of aromatic nitrogens is 2. The molecule has 0 aliphatic rings. The Morgan fingerprint density at radius 2 is 1.87 bits per heavy atom. The Labute approximate surface area is 178 Å². The number of carbonyl (C=O) groups excluding carboxylic acids is 1. The minimum atomic E-state index is -0.823. The van der Waals surface area contributed by atoms with Gasteiger partial charge in [-0.25, -0.2) is 13.8 Å². The molecule has 0 atom stereocenters. The number of carbonyl (C=O) groups is 1. The first-order valence-electron chi connectivity index (χ1n) is 9.38. The molecule has 0 saturated heterocycles. The van der Waals surface area contributed by atoms with Gasteiger partial charge in [0.2, 0.25) is 0 Å². The number of imidazole rings is 1. The Bertz CT molecular complexity index is 1250. The molecule has 30 heavy (non-hydrogen) atoms. The molecule has 2 heterocycles. The van der Waals surface area contributed by atoms with Gasteiger partial charge in [-0.2, -0.15) is 0 Å². The third-order valence-electron chi connectivity index (χ3n) is 5.05. The predicted molar refractivity (Wildman–Crippen MR) is 117 cm³/mol. The molecule has 4 rings (SSSR count). The fourth-order valence-electron chi connectivity index (χ4n) is 3.39. The average molecular weight is 424 g/mol. The highest BCUT2D eigenvalue weighted by atomic mass is 35.5. The van der Waals surface area contributed by atoms with Crippen molar-refractivity contribution in [2.75, 3.05) is 11.9 Å². The van der Waals surface area contributed by atoms with Crippen LogP contribution in [0.1, 0.15) is 10.4 Å². The van der Waals surface area contributed by atoms with Crippen LogP contribution in [0.3, 0.4) is 0 Å². The number of para-hydroxylation sites is 1. The molecule has 0 spiro atoms. The van der Waals surface area contributed by atoms with Gasteiger partial charge in [0.15, 0.2) is 7.28 Å². The van der Waals surface area contributed by atoms with Gasteiger partial charge in [-0.15, -0.1) is 0 Å². The lowest BCUT2D eigenvalue weighted by Crippen LogP contribution is -2.28. The molecular formula is C22H17BClF2N3O. The second-order valence-electron chi connectivity index (χ2n) is 6.89. The van der Waals surface area contributed by atoms with Crippen molar-refractivity contribution in [3.63, 3.8) is 0 Å². The largest absolute Gasteiger partial charge is 0.306 e. The average Bonchev–Trinajstić information content (AvgIpc) is 3.16. The molecular weight excluding hydrogens is 407 g/mol. The number of rotatable bonds is 4. The summed E-state index contributed by atoms with van der Waals surface area (Å²) in [6, 6.07) is 12.4. The number of benzene rings is 2.